The van der Waals surface area contributed by atoms with Gasteiger partial charge in [0, 0.05) is 19.6 Å². The molecule has 156 valence electrons. The van der Waals surface area contributed by atoms with Gasteiger partial charge in [-0.1, -0.05) is 0 Å². The minimum atomic E-state index is -0.594. The summed E-state index contributed by atoms with van der Waals surface area (Å²) in [6, 6.07) is 0. The van der Waals surface area contributed by atoms with Crippen molar-refractivity contribution in [3.05, 3.63) is 0 Å². The molecule has 0 aromatic heterocycles. The van der Waals surface area contributed by atoms with Crippen LogP contribution in [0.1, 0.15) is 54.4 Å². The molecule has 1 fully saturated rings. The van der Waals surface area contributed by atoms with Crippen LogP contribution in [0.3, 0.4) is 0 Å². The van der Waals surface area contributed by atoms with E-state index in [0.29, 0.717) is 25.9 Å². The summed E-state index contributed by atoms with van der Waals surface area (Å²) in [6.07, 6.45) is 0.0766. The highest BCUT2D eigenvalue weighted by atomic mass is 16.6. The molecule has 0 bridgehead atoms. The zero-order valence-corrected chi connectivity index (χ0v) is 17.6. The third-order valence-electron chi connectivity index (χ3n) is 4.11. The molecule has 1 N–H and O–H groups in total. The standard InChI is InChI=1S/C19H34N2O6/c1-18(2,3)26-16(23)20-12-13-8-10-21(17(24)27-19(4,5)6)11-9-14(13)15(22)25-7/h13-14H,8-12H2,1-7H3,(H,20,23). The molecule has 1 saturated heterocycles. The number of nitrogens with zero attached hydrogens (tertiary/aromatic N) is 1. The summed E-state index contributed by atoms with van der Waals surface area (Å²) in [7, 11) is 1.34. The summed E-state index contributed by atoms with van der Waals surface area (Å²) < 4.78 is 15.6. The molecule has 1 heterocycles. The number of amides is 2. The minimum absolute atomic E-state index is 0.155. The van der Waals surface area contributed by atoms with Crippen molar-refractivity contribution in [2.45, 2.75) is 65.6 Å². The van der Waals surface area contributed by atoms with Crippen LogP contribution in [0.25, 0.3) is 0 Å². The number of methoxy groups -OCH3 is 1. The SMILES string of the molecule is COC(=O)C1CCN(C(=O)OC(C)(C)C)CCC1CNC(=O)OC(C)(C)C. The number of nitrogens with one attached hydrogen (secondary N) is 1. The molecule has 1 aliphatic rings. The molecular weight excluding hydrogens is 352 g/mol. The van der Waals surface area contributed by atoms with E-state index in [-0.39, 0.29) is 18.4 Å². The smallest absolute Gasteiger partial charge is 0.410 e. The Kier molecular flexibility index (Phi) is 7.92. The quantitative estimate of drug-likeness (QED) is 0.592. The van der Waals surface area contributed by atoms with E-state index < -0.39 is 29.3 Å². The highest BCUT2D eigenvalue weighted by molar-refractivity contribution is 5.73. The number of alkyl carbamates (subject to hydrolysis) is 1. The summed E-state index contributed by atoms with van der Waals surface area (Å²) in [6.45, 7) is 11.9. The van der Waals surface area contributed by atoms with Crippen LogP contribution < -0.4 is 5.32 Å². The topological polar surface area (TPSA) is 94.2 Å². The zero-order valence-electron chi connectivity index (χ0n) is 17.6. The molecule has 2 amide bonds. The predicted octanol–water partition coefficient (Wildman–Crippen LogP) is 2.95. The van der Waals surface area contributed by atoms with E-state index in [2.05, 4.69) is 5.32 Å². The summed E-state index contributed by atoms with van der Waals surface area (Å²) in [5.74, 6) is -0.896. The van der Waals surface area contributed by atoms with E-state index in [1.54, 1.807) is 25.7 Å². The van der Waals surface area contributed by atoms with Crippen molar-refractivity contribution in [3.8, 4) is 0 Å². The predicted molar refractivity (Wildman–Crippen MR) is 100 cm³/mol. The fourth-order valence-electron chi connectivity index (χ4n) is 2.91. The first-order chi connectivity index (χ1) is 12.3. The lowest BCUT2D eigenvalue weighted by Gasteiger charge is -2.26. The van der Waals surface area contributed by atoms with Crippen LogP contribution in [0.5, 0.6) is 0 Å². The van der Waals surface area contributed by atoms with Crippen LogP contribution in [0.15, 0.2) is 0 Å². The largest absolute Gasteiger partial charge is 0.469 e. The van der Waals surface area contributed by atoms with Crippen LogP contribution in [-0.4, -0.2) is 61.0 Å². The fraction of sp³-hybridized carbons (Fsp3) is 0.842. The fourth-order valence-corrected chi connectivity index (χ4v) is 2.91. The Bertz CT molecular complexity index is 535. The number of rotatable bonds is 3. The second-order valence-electron chi connectivity index (χ2n) is 8.82. The van der Waals surface area contributed by atoms with E-state index in [9.17, 15) is 14.4 Å². The first kappa shape index (κ1) is 23.0. The molecule has 8 nitrogen and oxygen atoms in total. The lowest BCUT2D eigenvalue weighted by molar-refractivity contribution is -0.147. The number of carbonyl (C=O) groups excluding carboxylic acids is 3. The summed E-state index contributed by atoms with van der Waals surface area (Å²) in [5.41, 5.74) is -1.17. The van der Waals surface area contributed by atoms with Gasteiger partial charge in [0.1, 0.15) is 11.2 Å². The summed E-state index contributed by atoms with van der Waals surface area (Å²) >= 11 is 0. The lowest BCUT2D eigenvalue weighted by Crippen LogP contribution is -2.39. The van der Waals surface area contributed by atoms with E-state index in [1.165, 1.54) is 7.11 Å². The first-order valence-electron chi connectivity index (χ1n) is 9.35. The maximum Gasteiger partial charge on any atom is 0.410 e. The Morgan fingerprint density at radius 2 is 1.52 bits per heavy atom. The molecular formula is C19H34N2O6. The number of hydrogen-bond donors (Lipinski definition) is 1. The van der Waals surface area contributed by atoms with Crippen LogP contribution in [0.4, 0.5) is 9.59 Å². The third-order valence-corrected chi connectivity index (χ3v) is 4.11. The van der Waals surface area contributed by atoms with Gasteiger partial charge in [0.05, 0.1) is 13.0 Å². The number of carbonyl (C=O) groups is 3. The first-order valence-corrected chi connectivity index (χ1v) is 9.35. The Labute approximate surface area is 161 Å². The van der Waals surface area contributed by atoms with Crippen molar-refractivity contribution in [1.29, 1.82) is 0 Å². The summed E-state index contributed by atoms with van der Waals surface area (Å²) in [4.78, 5) is 38.1. The van der Waals surface area contributed by atoms with Gasteiger partial charge in [-0.2, -0.15) is 0 Å². The maximum atomic E-state index is 12.3. The van der Waals surface area contributed by atoms with Gasteiger partial charge in [0.25, 0.3) is 0 Å². The van der Waals surface area contributed by atoms with Gasteiger partial charge in [0.15, 0.2) is 0 Å². The molecule has 0 radical (unpaired) electrons. The second kappa shape index (κ2) is 9.28. The normalized spacial score (nSPS) is 21.1. The molecule has 2 atom stereocenters. The third kappa shape index (κ3) is 8.49. The van der Waals surface area contributed by atoms with Crippen molar-refractivity contribution in [1.82, 2.24) is 10.2 Å². The molecule has 1 rings (SSSR count). The zero-order chi connectivity index (χ0) is 20.8. The van der Waals surface area contributed by atoms with Crippen molar-refractivity contribution >= 4 is 18.2 Å². The molecule has 0 saturated carbocycles. The molecule has 8 heteroatoms. The van der Waals surface area contributed by atoms with Crippen molar-refractivity contribution in [3.63, 3.8) is 0 Å². The summed E-state index contributed by atoms with van der Waals surface area (Å²) in [5, 5.41) is 2.72. The number of ether oxygens (including phenoxy) is 3. The highest BCUT2D eigenvalue weighted by Gasteiger charge is 2.35. The van der Waals surface area contributed by atoms with Gasteiger partial charge in [0.2, 0.25) is 0 Å². The van der Waals surface area contributed by atoms with Gasteiger partial charge in [-0.05, 0) is 60.3 Å². The lowest BCUT2D eigenvalue weighted by atomic mass is 9.88. The van der Waals surface area contributed by atoms with Gasteiger partial charge in [-0.15, -0.1) is 0 Å². The van der Waals surface area contributed by atoms with E-state index in [0.717, 1.165) is 0 Å². The van der Waals surface area contributed by atoms with Gasteiger partial charge in [-0.25, -0.2) is 9.59 Å². The second-order valence-corrected chi connectivity index (χ2v) is 8.82. The number of likely N-dealkylation sites (tertiary alicyclic amines) is 1. The van der Waals surface area contributed by atoms with E-state index >= 15 is 0 Å². The van der Waals surface area contributed by atoms with E-state index in [4.69, 9.17) is 14.2 Å². The van der Waals surface area contributed by atoms with Crippen LogP contribution in [0.2, 0.25) is 0 Å². The molecule has 0 spiro atoms. The Morgan fingerprint density at radius 1 is 0.963 bits per heavy atom. The Hall–Kier alpha value is -1.99. The molecule has 0 aromatic rings. The Morgan fingerprint density at radius 3 is 2.04 bits per heavy atom. The molecule has 1 aliphatic heterocycles. The van der Waals surface area contributed by atoms with Crippen LogP contribution >= 0.6 is 0 Å². The minimum Gasteiger partial charge on any atom is -0.469 e. The highest BCUT2D eigenvalue weighted by Crippen LogP contribution is 2.26. The molecule has 0 aliphatic carbocycles. The Balaban J connectivity index is 2.75. The monoisotopic (exact) mass is 386 g/mol. The van der Waals surface area contributed by atoms with E-state index in [1.807, 2.05) is 20.8 Å². The average Bonchev–Trinajstić information content (AvgIpc) is 2.71. The number of esters is 1. The van der Waals surface area contributed by atoms with Gasteiger partial charge in [-0.3, -0.25) is 4.79 Å². The van der Waals surface area contributed by atoms with Crippen molar-refractivity contribution in [2.24, 2.45) is 11.8 Å². The van der Waals surface area contributed by atoms with Gasteiger partial charge < -0.3 is 24.4 Å². The van der Waals surface area contributed by atoms with Gasteiger partial charge >= 0.3 is 18.2 Å². The van der Waals surface area contributed by atoms with Crippen molar-refractivity contribution in [2.75, 3.05) is 26.7 Å². The maximum absolute atomic E-state index is 12.3. The van der Waals surface area contributed by atoms with Crippen LogP contribution in [-0.2, 0) is 19.0 Å². The molecule has 27 heavy (non-hydrogen) atoms. The average molecular weight is 386 g/mol. The molecule has 2 unspecified atom stereocenters. The molecule has 0 aromatic carbocycles. The van der Waals surface area contributed by atoms with Crippen molar-refractivity contribution < 1.29 is 28.6 Å². The number of hydrogen-bond acceptors (Lipinski definition) is 6. The van der Waals surface area contributed by atoms with Crippen LogP contribution in [0, 0.1) is 11.8 Å².